The molecule has 1 aromatic rings. The smallest absolute Gasteiger partial charge is 0.293 e. The highest BCUT2D eigenvalue weighted by Crippen LogP contribution is 2.27. The van der Waals surface area contributed by atoms with Crippen molar-refractivity contribution >= 4 is 34.0 Å². The van der Waals surface area contributed by atoms with Crippen LogP contribution in [-0.4, -0.2) is 36.5 Å². The predicted octanol–water partition coefficient (Wildman–Crippen LogP) is 3.34. The summed E-state index contributed by atoms with van der Waals surface area (Å²) < 4.78 is 0.884. The van der Waals surface area contributed by atoms with Gasteiger partial charge in [0.25, 0.3) is 5.69 Å². The van der Waals surface area contributed by atoms with E-state index in [1.807, 2.05) is 6.07 Å². The van der Waals surface area contributed by atoms with Gasteiger partial charge < -0.3 is 10.2 Å². The van der Waals surface area contributed by atoms with Crippen molar-refractivity contribution in [2.75, 3.05) is 32.0 Å². The quantitative estimate of drug-likeness (QED) is 0.477. The molecule has 0 amide bonds. The highest BCUT2D eigenvalue weighted by Gasteiger charge is 2.17. The molecule has 1 heterocycles. The maximum atomic E-state index is 11.0. The Hall–Kier alpha value is -0.890. The topological polar surface area (TPSA) is 58.4 Å². The van der Waals surface area contributed by atoms with E-state index in [2.05, 4.69) is 39.9 Å². The largest absolute Gasteiger partial charge is 0.379 e. The van der Waals surface area contributed by atoms with E-state index in [4.69, 9.17) is 0 Å². The summed E-state index contributed by atoms with van der Waals surface area (Å²) in [7, 11) is 2.16. The fourth-order valence-electron chi connectivity index (χ4n) is 2.57. The first-order valence-electron chi connectivity index (χ1n) is 6.92. The van der Waals surface area contributed by atoms with Crippen molar-refractivity contribution in [1.29, 1.82) is 0 Å². The third-order valence-electron chi connectivity index (χ3n) is 3.86. The summed E-state index contributed by atoms with van der Waals surface area (Å²) in [5.41, 5.74) is 0.795. The minimum atomic E-state index is -0.319. The van der Waals surface area contributed by atoms with Gasteiger partial charge in [-0.25, -0.2) is 0 Å². The predicted molar refractivity (Wildman–Crippen MR) is 89.1 cm³/mol. The fraction of sp³-hybridized carbons (Fsp3) is 0.571. The Morgan fingerprint density at radius 2 is 2.15 bits per heavy atom. The van der Waals surface area contributed by atoms with Gasteiger partial charge in [0.1, 0.15) is 5.69 Å². The van der Waals surface area contributed by atoms with Crippen LogP contribution in [0.5, 0.6) is 0 Å². The van der Waals surface area contributed by atoms with E-state index < -0.39 is 0 Å². The molecule has 0 radical (unpaired) electrons. The molecule has 0 bridgehead atoms. The van der Waals surface area contributed by atoms with Crippen molar-refractivity contribution in [2.45, 2.75) is 19.3 Å². The number of nitro groups is 1. The Balaban J connectivity index is 1.86. The molecule has 0 atom stereocenters. The molecule has 1 aliphatic rings. The third kappa shape index (κ3) is 4.31. The summed E-state index contributed by atoms with van der Waals surface area (Å²) in [6.07, 6.45) is 3.54. The van der Waals surface area contributed by atoms with Gasteiger partial charge in [0.2, 0.25) is 0 Å². The standard InChI is InChI=1S/C14H20IN3O2/c1-17-8-5-11(6-9-17)4-7-16-13-3-2-12(15)10-14(13)18(19)20/h2-3,10-11,16H,4-9H2,1H3. The normalized spacial score (nSPS) is 17.1. The summed E-state index contributed by atoms with van der Waals surface area (Å²) in [4.78, 5) is 13.1. The summed E-state index contributed by atoms with van der Waals surface area (Å²) in [6, 6.07) is 5.30. The van der Waals surface area contributed by atoms with Crippen LogP contribution in [0.4, 0.5) is 11.4 Å². The third-order valence-corrected chi connectivity index (χ3v) is 4.53. The number of hydrogen-bond donors (Lipinski definition) is 1. The van der Waals surface area contributed by atoms with Gasteiger partial charge in [-0.3, -0.25) is 10.1 Å². The highest BCUT2D eigenvalue weighted by molar-refractivity contribution is 14.1. The van der Waals surface area contributed by atoms with Crippen LogP contribution in [0.15, 0.2) is 18.2 Å². The van der Waals surface area contributed by atoms with Crippen LogP contribution in [0.3, 0.4) is 0 Å². The number of hydrogen-bond acceptors (Lipinski definition) is 4. The van der Waals surface area contributed by atoms with Crippen LogP contribution in [0, 0.1) is 19.6 Å². The molecule has 1 N–H and O–H groups in total. The summed E-state index contributed by atoms with van der Waals surface area (Å²) in [6.45, 7) is 3.12. The van der Waals surface area contributed by atoms with E-state index in [9.17, 15) is 10.1 Å². The van der Waals surface area contributed by atoms with Gasteiger partial charge in [-0.15, -0.1) is 0 Å². The molecule has 0 saturated carbocycles. The van der Waals surface area contributed by atoms with Crippen LogP contribution >= 0.6 is 22.6 Å². The van der Waals surface area contributed by atoms with Crippen molar-refractivity contribution in [3.63, 3.8) is 0 Å². The van der Waals surface area contributed by atoms with Gasteiger partial charge in [0, 0.05) is 16.2 Å². The highest BCUT2D eigenvalue weighted by atomic mass is 127. The van der Waals surface area contributed by atoms with Gasteiger partial charge in [-0.2, -0.15) is 0 Å². The average Bonchev–Trinajstić information content (AvgIpc) is 2.42. The molecule has 2 rings (SSSR count). The van der Waals surface area contributed by atoms with E-state index >= 15 is 0 Å². The molecule has 1 fully saturated rings. The van der Waals surface area contributed by atoms with Crippen molar-refractivity contribution in [3.8, 4) is 0 Å². The second-order valence-corrected chi connectivity index (χ2v) is 6.63. The molecular formula is C14H20IN3O2. The van der Waals surface area contributed by atoms with Gasteiger partial charge in [0.15, 0.2) is 0 Å². The van der Waals surface area contributed by atoms with E-state index in [-0.39, 0.29) is 10.6 Å². The van der Waals surface area contributed by atoms with Crippen molar-refractivity contribution < 1.29 is 4.92 Å². The van der Waals surface area contributed by atoms with Gasteiger partial charge >= 0.3 is 0 Å². The Labute approximate surface area is 133 Å². The van der Waals surface area contributed by atoms with Crippen LogP contribution in [-0.2, 0) is 0 Å². The first-order chi connectivity index (χ1) is 9.56. The van der Waals surface area contributed by atoms with Gasteiger partial charge in [-0.05, 0) is 80.0 Å². The second kappa shape index (κ2) is 7.21. The summed E-state index contributed by atoms with van der Waals surface area (Å²) in [5, 5.41) is 14.3. The number of nitrogens with one attached hydrogen (secondary N) is 1. The molecule has 0 aromatic heterocycles. The van der Waals surface area contributed by atoms with E-state index in [0.717, 1.165) is 35.5 Å². The molecule has 5 nitrogen and oxygen atoms in total. The Bertz CT molecular complexity index is 473. The molecule has 1 aromatic carbocycles. The van der Waals surface area contributed by atoms with Crippen LogP contribution in [0.25, 0.3) is 0 Å². The number of halogens is 1. The van der Waals surface area contributed by atoms with Crippen molar-refractivity contribution in [3.05, 3.63) is 31.9 Å². The molecule has 0 aliphatic carbocycles. The number of nitro benzene ring substituents is 1. The molecule has 1 saturated heterocycles. The monoisotopic (exact) mass is 389 g/mol. The SMILES string of the molecule is CN1CCC(CCNc2ccc(I)cc2[N+](=O)[O-])CC1. The minimum absolute atomic E-state index is 0.167. The first-order valence-corrected chi connectivity index (χ1v) is 8.00. The second-order valence-electron chi connectivity index (χ2n) is 5.38. The number of rotatable bonds is 5. The fourth-order valence-corrected chi connectivity index (χ4v) is 3.04. The van der Waals surface area contributed by atoms with Crippen LogP contribution in [0.2, 0.25) is 0 Å². The lowest BCUT2D eigenvalue weighted by atomic mass is 9.94. The molecule has 6 heteroatoms. The van der Waals surface area contributed by atoms with Gasteiger partial charge in [0.05, 0.1) is 4.92 Å². The maximum absolute atomic E-state index is 11.0. The number of anilines is 1. The van der Waals surface area contributed by atoms with Gasteiger partial charge in [-0.1, -0.05) is 0 Å². The van der Waals surface area contributed by atoms with Crippen LogP contribution in [0.1, 0.15) is 19.3 Å². The number of benzene rings is 1. The molecule has 0 spiro atoms. The number of piperidine rings is 1. The Morgan fingerprint density at radius 3 is 2.80 bits per heavy atom. The summed E-state index contributed by atoms with van der Waals surface area (Å²) >= 11 is 2.09. The molecule has 20 heavy (non-hydrogen) atoms. The average molecular weight is 389 g/mol. The lowest BCUT2D eigenvalue weighted by molar-refractivity contribution is -0.384. The van der Waals surface area contributed by atoms with E-state index in [0.29, 0.717) is 5.69 Å². The lowest BCUT2D eigenvalue weighted by Gasteiger charge is -2.28. The Morgan fingerprint density at radius 1 is 1.45 bits per heavy atom. The van der Waals surface area contributed by atoms with Crippen molar-refractivity contribution in [2.24, 2.45) is 5.92 Å². The molecule has 0 unspecified atom stereocenters. The molecular weight excluding hydrogens is 369 g/mol. The molecule has 110 valence electrons. The zero-order chi connectivity index (χ0) is 14.5. The zero-order valence-corrected chi connectivity index (χ0v) is 13.8. The summed E-state index contributed by atoms with van der Waals surface area (Å²) in [5.74, 6) is 0.738. The maximum Gasteiger partial charge on any atom is 0.293 e. The van der Waals surface area contributed by atoms with Crippen molar-refractivity contribution in [1.82, 2.24) is 4.90 Å². The lowest BCUT2D eigenvalue weighted by Crippen LogP contribution is -2.30. The number of nitrogens with zero attached hydrogens (tertiary/aromatic N) is 2. The minimum Gasteiger partial charge on any atom is -0.379 e. The Kier molecular flexibility index (Phi) is 5.59. The van der Waals surface area contributed by atoms with Crippen LogP contribution < -0.4 is 5.32 Å². The number of likely N-dealkylation sites (tertiary alicyclic amines) is 1. The molecule has 1 aliphatic heterocycles. The first kappa shape index (κ1) is 15.5. The van der Waals surface area contributed by atoms with E-state index in [1.54, 1.807) is 12.1 Å². The van der Waals surface area contributed by atoms with E-state index in [1.165, 1.54) is 12.8 Å². The zero-order valence-electron chi connectivity index (χ0n) is 11.6.